The minimum Gasteiger partial charge on any atom is -0.399 e. The molecular weight excluding hydrogens is 297 g/mol. The summed E-state index contributed by atoms with van der Waals surface area (Å²) in [6.45, 7) is 13.6. The van der Waals surface area contributed by atoms with Crippen LogP contribution in [0.15, 0.2) is 0 Å². The fourth-order valence-electron chi connectivity index (χ4n) is 0. The summed E-state index contributed by atoms with van der Waals surface area (Å²) in [5.41, 5.74) is 0. The minimum atomic E-state index is 0. The average molecular weight is 314 g/mol. The minimum absolute atomic E-state index is 0. The van der Waals surface area contributed by atoms with E-state index in [0.717, 1.165) is 0 Å². The Morgan fingerprint density at radius 3 is 1.22 bits per heavy atom. The number of hydrogen-bond acceptors (Lipinski definition) is 1. The molecule has 62 valence electrons. The van der Waals surface area contributed by atoms with Crippen LogP contribution in [0.2, 0.25) is 0 Å². The third-order valence-electron chi connectivity index (χ3n) is 0.158. The monoisotopic (exact) mass is 314 g/mol. The van der Waals surface area contributed by atoms with E-state index >= 15 is 0 Å². The summed E-state index contributed by atoms with van der Waals surface area (Å²) in [5.74, 6) is 0. The standard InChI is InChI=1S/C3H7O.2C2H5.Au/c1-2-3-4;2*1-2;/h4H,1-3H2;2*1H2,2H3;/q3*-1;+3. The van der Waals surface area contributed by atoms with Crippen LogP contribution in [0.5, 0.6) is 0 Å². The number of rotatable bonds is 1. The smallest absolute Gasteiger partial charge is 0.399 e. The van der Waals surface area contributed by atoms with Crippen molar-refractivity contribution in [1.82, 2.24) is 0 Å². The molecule has 2 heteroatoms. The molecule has 0 bridgehead atoms. The summed E-state index contributed by atoms with van der Waals surface area (Å²) in [7, 11) is 0. The van der Waals surface area contributed by atoms with Gasteiger partial charge in [-0.15, -0.1) is 0 Å². The fourth-order valence-corrected chi connectivity index (χ4v) is 0. The van der Waals surface area contributed by atoms with Crippen molar-refractivity contribution in [3.63, 3.8) is 0 Å². The third kappa shape index (κ3) is 135. The van der Waals surface area contributed by atoms with Crippen molar-refractivity contribution in [3.8, 4) is 0 Å². The van der Waals surface area contributed by atoms with Crippen molar-refractivity contribution in [2.24, 2.45) is 0 Å². The molecule has 1 N–H and O–H groups in total. The molecule has 0 fully saturated rings. The Balaban J connectivity index is -0.0000000221. The van der Waals surface area contributed by atoms with Gasteiger partial charge in [0.15, 0.2) is 0 Å². The largest absolute Gasteiger partial charge is 3.00 e. The van der Waals surface area contributed by atoms with Crippen LogP contribution in [0, 0.1) is 20.8 Å². The van der Waals surface area contributed by atoms with Crippen LogP contribution in [-0.4, -0.2) is 11.7 Å². The summed E-state index contributed by atoms with van der Waals surface area (Å²) in [4.78, 5) is 0. The number of hydrogen-bond donors (Lipinski definition) is 1. The van der Waals surface area contributed by atoms with Crippen LogP contribution in [0.3, 0.4) is 0 Å². The van der Waals surface area contributed by atoms with Gasteiger partial charge in [0.2, 0.25) is 0 Å². The van der Waals surface area contributed by atoms with Crippen molar-refractivity contribution < 1.29 is 27.5 Å². The number of aliphatic hydroxyl groups is 1. The molecule has 0 saturated heterocycles. The maximum Gasteiger partial charge on any atom is 3.00 e. The van der Waals surface area contributed by atoms with Crippen LogP contribution in [-0.2, 0) is 22.4 Å². The molecule has 0 heterocycles. The first kappa shape index (κ1) is 22.6. The van der Waals surface area contributed by atoms with Gasteiger partial charge >= 0.3 is 22.4 Å². The van der Waals surface area contributed by atoms with Gasteiger partial charge in [-0.05, 0) is 0 Å². The van der Waals surface area contributed by atoms with Gasteiger partial charge in [-0.1, -0.05) is 0 Å². The van der Waals surface area contributed by atoms with Crippen LogP contribution in [0.1, 0.15) is 20.3 Å². The molecule has 0 saturated carbocycles. The van der Waals surface area contributed by atoms with Crippen LogP contribution in [0.4, 0.5) is 0 Å². The quantitative estimate of drug-likeness (QED) is 0.579. The van der Waals surface area contributed by atoms with Gasteiger partial charge in [-0.2, -0.15) is 20.3 Å². The Hall–Kier alpha value is 0.700. The van der Waals surface area contributed by atoms with Crippen molar-refractivity contribution in [2.75, 3.05) is 6.61 Å². The Bertz CT molecular complexity index is 10.9. The molecule has 0 aliphatic carbocycles. The zero-order chi connectivity index (χ0) is 7.41. The van der Waals surface area contributed by atoms with E-state index in [1.165, 1.54) is 0 Å². The normalized spacial score (nSPS) is 4.67. The van der Waals surface area contributed by atoms with Crippen LogP contribution < -0.4 is 0 Å². The van der Waals surface area contributed by atoms with E-state index < -0.39 is 0 Å². The molecular formula is C7H17AuO. The van der Waals surface area contributed by atoms with Crippen LogP contribution in [0.25, 0.3) is 0 Å². The van der Waals surface area contributed by atoms with Crippen molar-refractivity contribution in [2.45, 2.75) is 20.3 Å². The molecule has 0 rings (SSSR count). The van der Waals surface area contributed by atoms with Gasteiger partial charge in [-0.25, -0.2) is 0 Å². The molecule has 0 aromatic heterocycles. The molecule has 0 atom stereocenters. The molecule has 9 heavy (non-hydrogen) atoms. The summed E-state index contributed by atoms with van der Waals surface area (Å²) >= 11 is 0. The molecule has 0 aliphatic heterocycles. The summed E-state index contributed by atoms with van der Waals surface area (Å²) < 4.78 is 0. The molecule has 0 spiro atoms. The zero-order valence-electron chi connectivity index (χ0n) is 6.28. The number of aliphatic hydroxyl groups excluding tert-OH is 1. The maximum atomic E-state index is 7.81. The Morgan fingerprint density at radius 2 is 1.22 bits per heavy atom. The first-order chi connectivity index (χ1) is 3.91. The third-order valence-corrected chi connectivity index (χ3v) is 0.158. The van der Waals surface area contributed by atoms with E-state index in [9.17, 15) is 0 Å². The molecule has 0 aliphatic rings. The summed E-state index contributed by atoms with van der Waals surface area (Å²) in [6.07, 6.45) is 0.625. The van der Waals surface area contributed by atoms with Gasteiger partial charge in [0, 0.05) is 6.61 Å². The van der Waals surface area contributed by atoms with Gasteiger partial charge in [0.25, 0.3) is 0 Å². The topological polar surface area (TPSA) is 20.2 Å². The summed E-state index contributed by atoms with van der Waals surface area (Å²) in [6, 6.07) is 0. The predicted molar refractivity (Wildman–Crippen MR) is 39.1 cm³/mol. The van der Waals surface area contributed by atoms with E-state index in [1.807, 2.05) is 0 Å². The van der Waals surface area contributed by atoms with E-state index in [0.29, 0.717) is 6.42 Å². The molecule has 0 aromatic rings. The van der Waals surface area contributed by atoms with Crippen molar-refractivity contribution in [3.05, 3.63) is 20.8 Å². The van der Waals surface area contributed by atoms with E-state index in [2.05, 4.69) is 20.8 Å². The van der Waals surface area contributed by atoms with Crippen molar-refractivity contribution >= 4 is 0 Å². The second kappa shape index (κ2) is 70.8. The first-order valence-electron chi connectivity index (χ1n) is 2.73. The Kier molecular flexibility index (Phi) is 178. The van der Waals surface area contributed by atoms with Crippen LogP contribution >= 0.6 is 0 Å². The second-order valence-electron chi connectivity index (χ2n) is 0.577. The summed E-state index contributed by atoms with van der Waals surface area (Å²) in [5, 5.41) is 7.81. The van der Waals surface area contributed by atoms with Crippen molar-refractivity contribution in [1.29, 1.82) is 0 Å². The molecule has 0 radical (unpaired) electrons. The van der Waals surface area contributed by atoms with Gasteiger partial charge in [0.05, 0.1) is 0 Å². The zero-order valence-corrected chi connectivity index (χ0v) is 8.45. The fraction of sp³-hybridized carbons (Fsp3) is 0.571. The Morgan fingerprint density at radius 1 is 1.11 bits per heavy atom. The first-order valence-corrected chi connectivity index (χ1v) is 2.73. The Labute approximate surface area is 75.4 Å². The van der Waals surface area contributed by atoms with Gasteiger partial charge in [-0.3, -0.25) is 0 Å². The SMILES string of the molecule is [Au+3].[CH2-]C.[CH2-]C.[CH2-]CCO. The average Bonchev–Trinajstić information content (AvgIpc) is 1.96. The van der Waals surface area contributed by atoms with E-state index in [4.69, 9.17) is 5.11 Å². The van der Waals surface area contributed by atoms with E-state index in [1.54, 1.807) is 13.8 Å². The second-order valence-corrected chi connectivity index (χ2v) is 0.577. The predicted octanol–water partition coefficient (Wildman–Crippen LogP) is 1.88. The maximum absolute atomic E-state index is 7.81. The molecule has 0 aromatic carbocycles. The van der Waals surface area contributed by atoms with Gasteiger partial charge in [0.1, 0.15) is 0 Å². The molecule has 0 unspecified atom stereocenters. The molecule has 1 nitrogen and oxygen atoms in total. The molecule has 0 amide bonds. The van der Waals surface area contributed by atoms with E-state index in [-0.39, 0.29) is 29.0 Å². The van der Waals surface area contributed by atoms with Gasteiger partial charge < -0.3 is 25.9 Å².